The van der Waals surface area contributed by atoms with Crippen LogP contribution in [0.3, 0.4) is 0 Å². The number of rotatable bonds is 6. The molecule has 0 amide bonds. The molecular formula is C29H24F2N6. The van der Waals surface area contributed by atoms with Gasteiger partial charge < -0.3 is 4.90 Å². The molecule has 0 N–H and O–H groups in total. The number of nitrogens with zero attached hydrogens (tertiary/aromatic N) is 6. The highest BCUT2D eigenvalue weighted by Gasteiger charge is 2.14. The molecule has 6 nitrogen and oxygen atoms in total. The minimum atomic E-state index is -0.485. The van der Waals surface area contributed by atoms with E-state index in [9.17, 15) is 8.78 Å². The average molecular weight is 495 g/mol. The zero-order valence-corrected chi connectivity index (χ0v) is 20.4. The lowest BCUT2D eigenvalue weighted by Gasteiger charge is -2.10. The molecule has 0 radical (unpaired) electrons. The van der Waals surface area contributed by atoms with Crippen molar-refractivity contribution in [2.75, 3.05) is 20.6 Å². The Bertz CT molecular complexity index is 1750. The first kappa shape index (κ1) is 23.0. The van der Waals surface area contributed by atoms with Crippen LogP contribution in [0.15, 0.2) is 85.6 Å². The number of likely N-dealkylation sites (N-methyl/N-ethyl adjacent to an activating group) is 1. The lowest BCUT2D eigenvalue weighted by Crippen LogP contribution is -2.18. The number of hydrogen-bond donors (Lipinski definition) is 0. The number of hydrogen-bond acceptors (Lipinski definition) is 4. The Labute approximate surface area is 212 Å². The van der Waals surface area contributed by atoms with Crippen LogP contribution in [0.2, 0.25) is 0 Å². The van der Waals surface area contributed by atoms with Gasteiger partial charge in [0.2, 0.25) is 0 Å². The van der Waals surface area contributed by atoms with Crippen LogP contribution in [0.1, 0.15) is 0 Å². The molecule has 0 bridgehead atoms. The minimum absolute atomic E-state index is 0.205. The molecule has 0 aliphatic carbocycles. The van der Waals surface area contributed by atoms with Gasteiger partial charge in [0.05, 0.1) is 30.1 Å². The predicted octanol–water partition coefficient (Wildman–Crippen LogP) is 5.92. The molecule has 0 fully saturated rings. The maximum absolute atomic E-state index is 14.5. The number of fused-ring (bicyclic) bond motifs is 2. The van der Waals surface area contributed by atoms with Gasteiger partial charge in [-0.05, 0) is 62.1 Å². The van der Waals surface area contributed by atoms with Crippen molar-refractivity contribution >= 4 is 16.6 Å². The molecule has 0 saturated carbocycles. The van der Waals surface area contributed by atoms with Gasteiger partial charge in [-0.1, -0.05) is 12.1 Å². The van der Waals surface area contributed by atoms with Crippen LogP contribution in [0, 0.1) is 11.6 Å². The summed E-state index contributed by atoms with van der Waals surface area (Å²) in [6.07, 6.45) is 9.28. The van der Waals surface area contributed by atoms with E-state index in [2.05, 4.69) is 38.2 Å². The molecule has 0 atom stereocenters. The Morgan fingerprint density at radius 2 is 1.68 bits per heavy atom. The fraction of sp³-hybridized carbons (Fsp3) is 0.138. The van der Waals surface area contributed by atoms with Gasteiger partial charge in [-0.3, -0.25) is 14.1 Å². The SMILES string of the molecule is CN(C)CCn1cc(-c2ccc3c(-c4cnc5ccc(-c6cc(F)ccc6F)cn45)ccnc3c2)cn1. The number of imidazole rings is 1. The number of halogens is 2. The first-order valence-corrected chi connectivity index (χ1v) is 12.0. The van der Waals surface area contributed by atoms with E-state index in [1.807, 2.05) is 41.6 Å². The monoisotopic (exact) mass is 494 g/mol. The van der Waals surface area contributed by atoms with Crippen LogP contribution in [-0.2, 0) is 6.54 Å². The van der Waals surface area contributed by atoms with E-state index in [1.54, 1.807) is 30.7 Å². The zero-order chi connectivity index (χ0) is 25.5. The first-order chi connectivity index (χ1) is 18.0. The van der Waals surface area contributed by atoms with Crippen molar-refractivity contribution in [3.05, 3.63) is 97.2 Å². The second-order valence-corrected chi connectivity index (χ2v) is 9.30. The molecule has 37 heavy (non-hydrogen) atoms. The Hall–Kier alpha value is -4.43. The summed E-state index contributed by atoms with van der Waals surface area (Å²) in [6.45, 7) is 1.73. The quantitative estimate of drug-likeness (QED) is 0.288. The number of benzene rings is 2. The van der Waals surface area contributed by atoms with Crippen LogP contribution in [0.25, 0.3) is 50.1 Å². The highest BCUT2D eigenvalue weighted by atomic mass is 19.1. The van der Waals surface area contributed by atoms with Crippen molar-refractivity contribution in [3.8, 4) is 33.5 Å². The topological polar surface area (TPSA) is 51.2 Å². The van der Waals surface area contributed by atoms with Crippen molar-refractivity contribution in [3.63, 3.8) is 0 Å². The second kappa shape index (κ2) is 9.22. The van der Waals surface area contributed by atoms with Gasteiger partial charge in [0.1, 0.15) is 17.3 Å². The fourth-order valence-corrected chi connectivity index (χ4v) is 4.55. The van der Waals surface area contributed by atoms with Crippen LogP contribution >= 0.6 is 0 Å². The number of pyridine rings is 2. The molecule has 0 saturated heterocycles. The summed E-state index contributed by atoms with van der Waals surface area (Å²) in [5, 5.41) is 5.46. The van der Waals surface area contributed by atoms with Crippen molar-refractivity contribution in [2.24, 2.45) is 0 Å². The minimum Gasteiger partial charge on any atom is -0.308 e. The Kier molecular flexibility index (Phi) is 5.73. The molecule has 6 rings (SSSR count). The van der Waals surface area contributed by atoms with Gasteiger partial charge >= 0.3 is 0 Å². The van der Waals surface area contributed by atoms with Crippen LogP contribution < -0.4 is 0 Å². The highest BCUT2D eigenvalue weighted by Crippen LogP contribution is 2.32. The molecule has 0 aliphatic rings. The third-order valence-electron chi connectivity index (χ3n) is 6.51. The van der Waals surface area contributed by atoms with E-state index in [0.717, 1.165) is 58.5 Å². The van der Waals surface area contributed by atoms with E-state index < -0.39 is 11.6 Å². The normalized spacial score (nSPS) is 11.7. The van der Waals surface area contributed by atoms with E-state index in [1.165, 1.54) is 6.07 Å². The molecule has 4 heterocycles. The first-order valence-electron chi connectivity index (χ1n) is 12.0. The molecule has 8 heteroatoms. The highest BCUT2D eigenvalue weighted by molar-refractivity contribution is 5.96. The molecule has 6 aromatic rings. The smallest absolute Gasteiger partial charge is 0.137 e. The van der Waals surface area contributed by atoms with Gasteiger partial charge in [0.25, 0.3) is 0 Å². The van der Waals surface area contributed by atoms with Crippen molar-refractivity contribution in [1.82, 2.24) is 29.0 Å². The van der Waals surface area contributed by atoms with E-state index >= 15 is 0 Å². The van der Waals surface area contributed by atoms with Crippen LogP contribution in [-0.4, -0.2) is 49.7 Å². The largest absolute Gasteiger partial charge is 0.308 e. The maximum atomic E-state index is 14.5. The average Bonchev–Trinajstić information content (AvgIpc) is 3.55. The molecule has 0 unspecified atom stereocenters. The van der Waals surface area contributed by atoms with Crippen molar-refractivity contribution in [2.45, 2.75) is 6.54 Å². The fourth-order valence-electron chi connectivity index (χ4n) is 4.55. The lowest BCUT2D eigenvalue weighted by atomic mass is 10.0. The molecule has 2 aromatic carbocycles. The van der Waals surface area contributed by atoms with Crippen molar-refractivity contribution in [1.29, 1.82) is 0 Å². The van der Waals surface area contributed by atoms with E-state index in [4.69, 9.17) is 0 Å². The standard InChI is InChI=1S/C29H24F2N6/c1-35(2)11-12-36-17-21(15-34-36)19-3-6-23-24(9-10-32-27(23)13-19)28-16-33-29-8-4-20(18-37(28)29)25-14-22(30)5-7-26(25)31/h3-10,13-18H,11-12H2,1-2H3. The van der Waals surface area contributed by atoms with Crippen LogP contribution in [0.4, 0.5) is 8.78 Å². The van der Waals surface area contributed by atoms with Gasteiger partial charge in [-0.25, -0.2) is 13.8 Å². The Morgan fingerprint density at radius 3 is 2.54 bits per heavy atom. The van der Waals surface area contributed by atoms with Crippen LogP contribution in [0.5, 0.6) is 0 Å². The summed E-state index contributed by atoms with van der Waals surface area (Å²) < 4.78 is 32.1. The zero-order valence-electron chi connectivity index (χ0n) is 20.4. The van der Waals surface area contributed by atoms with Gasteiger partial charge in [0, 0.05) is 52.8 Å². The van der Waals surface area contributed by atoms with Gasteiger partial charge in [0.15, 0.2) is 0 Å². The Balaban J connectivity index is 1.40. The molecular weight excluding hydrogens is 470 g/mol. The third kappa shape index (κ3) is 4.36. The summed E-state index contributed by atoms with van der Waals surface area (Å²) >= 11 is 0. The molecule has 0 spiro atoms. The summed E-state index contributed by atoms with van der Waals surface area (Å²) in [4.78, 5) is 11.3. The third-order valence-corrected chi connectivity index (χ3v) is 6.51. The van der Waals surface area contributed by atoms with Gasteiger partial charge in [-0.2, -0.15) is 5.10 Å². The summed E-state index contributed by atoms with van der Waals surface area (Å²) in [6, 6.07) is 15.1. The molecule has 4 aromatic heterocycles. The summed E-state index contributed by atoms with van der Waals surface area (Å²) in [7, 11) is 4.09. The van der Waals surface area contributed by atoms with Crippen molar-refractivity contribution < 1.29 is 8.78 Å². The number of aromatic nitrogens is 5. The summed E-state index contributed by atoms with van der Waals surface area (Å²) in [5.41, 5.74) is 6.18. The molecule has 0 aliphatic heterocycles. The second-order valence-electron chi connectivity index (χ2n) is 9.30. The lowest BCUT2D eigenvalue weighted by molar-refractivity contribution is 0.373. The summed E-state index contributed by atoms with van der Waals surface area (Å²) in [5.74, 6) is -0.962. The molecule has 184 valence electrons. The van der Waals surface area contributed by atoms with Gasteiger partial charge in [-0.15, -0.1) is 0 Å². The Morgan fingerprint density at radius 1 is 0.811 bits per heavy atom. The predicted molar refractivity (Wildman–Crippen MR) is 141 cm³/mol. The van der Waals surface area contributed by atoms with E-state index in [-0.39, 0.29) is 5.56 Å². The maximum Gasteiger partial charge on any atom is 0.137 e. The van der Waals surface area contributed by atoms with E-state index in [0.29, 0.717) is 11.2 Å².